The van der Waals surface area contributed by atoms with Crippen LogP contribution in [0.4, 0.5) is 0 Å². The van der Waals surface area contributed by atoms with Gasteiger partial charge in [-0.2, -0.15) is 0 Å². The fourth-order valence-corrected chi connectivity index (χ4v) is 4.26. The van der Waals surface area contributed by atoms with Crippen molar-refractivity contribution in [2.24, 2.45) is 29.6 Å². The van der Waals surface area contributed by atoms with Crippen LogP contribution in [0.25, 0.3) is 0 Å². The monoisotopic (exact) mass is 238 g/mol. The van der Waals surface area contributed by atoms with Crippen LogP contribution < -0.4 is 0 Å². The first kappa shape index (κ1) is 13.4. The Morgan fingerprint density at radius 2 is 1.94 bits per heavy atom. The van der Waals surface area contributed by atoms with Gasteiger partial charge in [-0.3, -0.25) is 0 Å². The summed E-state index contributed by atoms with van der Waals surface area (Å²) in [6.45, 7) is 5.82. The van der Waals surface area contributed by atoms with E-state index in [-0.39, 0.29) is 0 Å². The SMILES string of the molecule is CCC1CCC1C(COC)CC1CCCC1C. The van der Waals surface area contributed by atoms with Crippen molar-refractivity contribution >= 4 is 0 Å². The minimum atomic E-state index is 0.851. The van der Waals surface area contributed by atoms with Crippen molar-refractivity contribution in [3.63, 3.8) is 0 Å². The largest absolute Gasteiger partial charge is 0.384 e. The second-order valence-corrected chi connectivity index (χ2v) is 6.53. The zero-order valence-electron chi connectivity index (χ0n) is 12.0. The van der Waals surface area contributed by atoms with Gasteiger partial charge in [0, 0.05) is 13.7 Å². The first-order chi connectivity index (χ1) is 8.26. The topological polar surface area (TPSA) is 9.23 Å². The maximum atomic E-state index is 5.50. The molecule has 0 aromatic rings. The Balaban J connectivity index is 1.88. The van der Waals surface area contributed by atoms with Crippen molar-refractivity contribution in [2.45, 2.75) is 58.8 Å². The molecule has 2 aliphatic rings. The smallest absolute Gasteiger partial charge is 0.0493 e. The summed E-state index contributed by atoms with van der Waals surface area (Å²) in [6, 6.07) is 0. The molecule has 0 bridgehead atoms. The van der Waals surface area contributed by atoms with Gasteiger partial charge in [0.15, 0.2) is 0 Å². The summed E-state index contributed by atoms with van der Waals surface area (Å²) in [7, 11) is 1.88. The van der Waals surface area contributed by atoms with Gasteiger partial charge in [-0.1, -0.05) is 39.5 Å². The Hall–Kier alpha value is -0.0400. The molecule has 2 aliphatic carbocycles. The molecule has 1 heteroatoms. The summed E-state index contributed by atoms with van der Waals surface area (Å²) in [5.74, 6) is 4.80. The van der Waals surface area contributed by atoms with E-state index in [1.807, 2.05) is 7.11 Å². The summed E-state index contributed by atoms with van der Waals surface area (Å²) >= 11 is 0. The maximum Gasteiger partial charge on any atom is 0.0493 e. The van der Waals surface area contributed by atoms with Gasteiger partial charge >= 0.3 is 0 Å². The first-order valence-corrected chi connectivity index (χ1v) is 7.75. The Morgan fingerprint density at radius 3 is 2.41 bits per heavy atom. The highest BCUT2D eigenvalue weighted by molar-refractivity contribution is 4.88. The van der Waals surface area contributed by atoms with Crippen LogP contribution in [0.1, 0.15) is 58.8 Å². The highest BCUT2D eigenvalue weighted by atomic mass is 16.5. The van der Waals surface area contributed by atoms with Crippen LogP contribution in [-0.4, -0.2) is 13.7 Å². The van der Waals surface area contributed by atoms with E-state index < -0.39 is 0 Å². The molecular weight excluding hydrogens is 208 g/mol. The van der Waals surface area contributed by atoms with Crippen LogP contribution in [0.2, 0.25) is 0 Å². The average molecular weight is 238 g/mol. The van der Waals surface area contributed by atoms with Crippen LogP contribution in [0, 0.1) is 29.6 Å². The molecule has 2 fully saturated rings. The average Bonchev–Trinajstić information content (AvgIpc) is 2.64. The third-order valence-electron chi connectivity index (χ3n) is 5.63. The fourth-order valence-electron chi connectivity index (χ4n) is 4.26. The molecule has 5 unspecified atom stereocenters. The highest BCUT2D eigenvalue weighted by Gasteiger charge is 2.37. The Kier molecular flexibility index (Phi) is 4.90. The van der Waals surface area contributed by atoms with Crippen molar-refractivity contribution in [1.82, 2.24) is 0 Å². The zero-order chi connectivity index (χ0) is 12.3. The van der Waals surface area contributed by atoms with Crippen LogP contribution in [0.15, 0.2) is 0 Å². The second kappa shape index (κ2) is 6.22. The van der Waals surface area contributed by atoms with Gasteiger partial charge in [0.25, 0.3) is 0 Å². The molecule has 0 heterocycles. The van der Waals surface area contributed by atoms with E-state index in [4.69, 9.17) is 4.74 Å². The van der Waals surface area contributed by atoms with Gasteiger partial charge in [0.05, 0.1) is 0 Å². The summed E-state index contributed by atoms with van der Waals surface area (Å²) in [5.41, 5.74) is 0. The third-order valence-corrected chi connectivity index (χ3v) is 5.63. The molecule has 5 atom stereocenters. The van der Waals surface area contributed by atoms with Gasteiger partial charge in [-0.15, -0.1) is 0 Å². The number of hydrogen-bond acceptors (Lipinski definition) is 1. The Labute approximate surface area is 107 Å². The molecule has 0 aliphatic heterocycles. The van der Waals surface area contributed by atoms with Crippen LogP contribution >= 0.6 is 0 Å². The fraction of sp³-hybridized carbons (Fsp3) is 1.00. The molecule has 0 aromatic heterocycles. The first-order valence-electron chi connectivity index (χ1n) is 7.75. The molecule has 0 saturated heterocycles. The lowest BCUT2D eigenvalue weighted by molar-refractivity contribution is 0.0249. The maximum absolute atomic E-state index is 5.50. The number of methoxy groups -OCH3 is 1. The lowest BCUT2D eigenvalue weighted by Gasteiger charge is -2.42. The standard InChI is InChI=1S/C16H30O/c1-4-13-8-9-16(13)15(11-17-3)10-14-7-5-6-12(14)2/h12-16H,4-11H2,1-3H3. The van der Waals surface area contributed by atoms with Crippen molar-refractivity contribution in [1.29, 1.82) is 0 Å². The third kappa shape index (κ3) is 3.05. The Bertz CT molecular complexity index is 224. The molecule has 100 valence electrons. The summed E-state index contributed by atoms with van der Waals surface area (Å²) in [5, 5.41) is 0. The number of ether oxygens (including phenoxy) is 1. The van der Waals surface area contributed by atoms with E-state index in [9.17, 15) is 0 Å². The minimum Gasteiger partial charge on any atom is -0.384 e. The van der Waals surface area contributed by atoms with E-state index in [1.165, 1.54) is 44.9 Å². The predicted molar refractivity (Wildman–Crippen MR) is 73.0 cm³/mol. The van der Waals surface area contributed by atoms with Crippen LogP contribution in [0.5, 0.6) is 0 Å². The predicted octanol–water partition coefficient (Wildman–Crippen LogP) is 4.51. The molecular formula is C16H30O. The summed E-state index contributed by atoms with van der Waals surface area (Å²) in [4.78, 5) is 0. The van der Waals surface area contributed by atoms with Crippen molar-refractivity contribution in [2.75, 3.05) is 13.7 Å². The van der Waals surface area contributed by atoms with Crippen LogP contribution in [0.3, 0.4) is 0 Å². The zero-order valence-corrected chi connectivity index (χ0v) is 12.0. The molecule has 0 amide bonds. The highest BCUT2D eigenvalue weighted by Crippen LogP contribution is 2.46. The molecule has 0 spiro atoms. The quantitative estimate of drug-likeness (QED) is 0.661. The van der Waals surface area contributed by atoms with Gasteiger partial charge in [-0.25, -0.2) is 0 Å². The lowest BCUT2D eigenvalue weighted by Crippen LogP contribution is -2.35. The van der Waals surface area contributed by atoms with Gasteiger partial charge in [0.2, 0.25) is 0 Å². The summed E-state index contributed by atoms with van der Waals surface area (Å²) < 4.78 is 5.50. The molecule has 2 saturated carbocycles. The minimum absolute atomic E-state index is 0.851. The van der Waals surface area contributed by atoms with Gasteiger partial charge < -0.3 is 4.74 Å². The van der Waals surface area contributed by atoms with E-state index >= 15 is 0 Å². The van der Waals surface area contributed by atoms with Gasteiger partial charge in [-0.05, 0) is 48.9 Å². The van der Waals surface area contributed by atoms with E-state index in [1.54, 1.807) is 0 Å². The molecule has 2 rings (SSSR count). The lowest BCUT2D eigenvalue weighted by atomic mass is 9.64. The molecule has 0 N–H and O–H groups in total. The normalized spacial score (nSPS) is 39.0. The number of rotatable bonds is 6. The van der Waals surface area contributed by atoms with Crippen molar-refractivity contribution in [3.8, 4) is 0 Å². The van der Waals surface area contributed by atoms with E-state index in [0.717, 1.165) is 36.2 Å². The van der Waals surface area contributed by atoms with Gasteiger partial charge in [0.1, 0.15) is 0 Å². The second-order valence-electron chi connectivity index (χ2n) is 6.53. The van der Waals surface area contributed by atoms with Crippen molar-refractivity contribution < 1.29 is 4.74 Å². The van der Waals surface area contributed by atoms with E-state index in [0.29, 0.717) is 0 Å². The van der Waals surface area contributed by atoms with Crippen LogP contribution in [-0.2, 0) is 4.74 Å². The molecule has 1 nitrogen and oxygen atoms in total. The molecule has 17 heavy (non-hydrogen) atoms. The number of hydrogen-bond donors (Lipinski definition) is 0. The van der Waals surface area contributed by atoms with Crippen molar-refractivity contribution in [3.05, 3.63) is 0 Å². The Morgan fingerprint density at radius 1 is 1.12 bits per heavy atom. The summed E-state index contributed by atoms with van der Waals surface area (Å²) in [6.07, 6.45) is 10.2. The molecule has 0 radical (unpaired) electrons. The van der Waals surface area contributed by atoms with E-state index in [2.05, 4.69) is 13.8 Å². The molecule has 0 aromatic carbocycles.